The summed E-state index contributed by atoms with van der Waals surface area (Å²) in [5.74, 6) is -0.630. The van der Waals surface area contributed by atoms with E-state index in [2.05, 4.69) is 0 Å². The molecule has 1 unspecified atom stereocenters. The zero-order valence-corrected chi connectivity index (χ0v) is 13.6. The molecule has 0 aliphatic heterocycles. The molecule has 0 fully saturated rings. The third-order valence-corrected chi connectivity index (χ3v) is 5.31. The first-order valence-electron chi connectivity index (χ1n) is 6.30. The molecule has 0 heterocycles. The van der Waals surface area contributed by atoms with Crippen LogP contribution in [0, 0.1) is 11.7 Å². The molecule has 0 aliphatic carbocycles. The monoisotopic (exact) mass is 322 g/mol. The average molecular weight is 323 g/mol. The highest BCUT2D eigenvalue weighted by atomic mass is 35.5. The van der Waals surface area contributed by atoms with Gasteiger partial charge in [-0.05, 0) is 31.4 Å². The smallest absolute Gasteiger partial charge is 0.246 e. The molecule has 0 radical (unpaired) electrons. The summed E-state index contributed by atoms with van der Waals surface area (Å²) >= 11 is 5.77. The highest BCUT2D eigenvalue weighted by Gasteiger charge is 2.29. The second-order valence-corrected chi connectivity index (χ2v) is 7.71. The van der Waals surface area contributed by atoms with Crippen LogP contribution in [0.4, 0.5) is 10.1 Å². The number of rotatable bonds is 5. The van der Waals surface area contributed by atoms with Crippen LogP contribution in [0.2, 0.25) is 5.02 Å². The Labute approximate surface area is 124 Å². The van der Waals surface area contributed by atoms with Crippen LogP contribution in [0.15, 0.2) is 17.0 Å². The summed E-state index contributed by atoms with van der Waals surface area (Å²) in [6, 6.07) is 2.02. The Morgan fingerprint density at radius 1 is 1.35 bits per heavy atom. The molecule has 1 rings (SSSR count). The molecule has 0 bridgehead atoms. The lowest BCUT2D eigenvalue weighted by Crippen LogP contribution is -2.36. The second kappa shape index (κ2) is 6.28. The van der Waals surface area contributed by atoms with Crippen LogP contribution in [-0.4, -0.2) is 25.8 Å². The van der Waals surface area contributed by atoms with Gasteiger partial charge in [0.25, 0.3) is 0 Å². The fourth-order valence-corrected chi connectivity index (χ4v) is 3.78. The van der Waals surface area contributed by atoms with E-state index in [0.717, 1.165) is 10.4 Å². The van der Waals surface area contributed by atoms with E-state index in [1.807, 2.05) is 13.8 Å². The third-order valence-electron chi connectivity index (χ3n) is 3.12. The Balaban J connectivity index is 3.23. The molecule has 2 N–H and O–H groups in total. The first-order valence-corrected chi connectivity index (χ1v) is 8.11. The van der Waals surface area contributed by atoms with Crippen molar-refractivity contribution in [3.8, 4) is 0 Å². The van der Waals surface area contributed by atoms with Crippen molar-refractivity contribution >= 4 is 27.3 Å². The summed E-state index contributed by atoms with van der Waals surface area (Å²) in [5, 5.41) is 0.0902. The van der Waals surface area contributed by atoms with Crippen LogP contribution in [-0.2, 0) is 10.0 Å². The molecular formula is C13H20ClFN2O2S. The standard InChI is InChI=1S/C13H20ClFN2O2S/c1-8(2)5-9(3)17(4)20(18,19)12-7-10(14)6-11(16)13(12)15/h6-9H,5,16H2,1-4H3. The lowest BCUT2D eigenvalue weighted by Gasteiger charge is -2.26. The number of nitrogens with two attached hydrogens (primary N) is 1. The number of sulfonamides is 1. The van der Waals surface area contributed by atoms with Gasteiger partial charge in [0.15, 0.2) is 5.82 Å². The van der Waals surface area contributed by atoms with E-state index in [1.165, 1.54) is 13.1 Å². The van der Waals surface area contributed by atoms with Gasteiger partial charge in [-0.1, -0.05) is 25.4 Å². The van der Waals surface area contributed by atoms with Crippen LogP contribution in [0.25, 0.3) is 0 Å². The van der Waals surface area contributed by atoms with E-state index < -0.39 is 20.7 Å². The van der Waals surface area contributed by atoms with Gasteiger partial charge in [0.1, 0.15) is 4.90 Å². The summed E-state index contributed by atoms with van der Waals surface area (Å²) < 4.78 is 40.0. The van der Waals surface area contributed by atoms with Crippen LogP contribution in [0.1, 0.15) is 27.2 Å². The predicted octanol–water partition coefficient (Wildman–Crippen LogP) is 3.12. The van der Waals surface area contributed by atoms with Gasteiger partial charge in [-0.2, -0.15) is 4.31 Å². The summed E-state index contributed by atoms with van der Waals surface area (Å²) in [6.45, 7) is 5.77. The van der Waals surface area contributed by atoms with Gasteiger partial charge in [0.2, 0.25) is 10.0 Å². The Bertz CT molecular complexity index is 590. The van der Waals surface area contributed by atoms with Crippen LogP contribution >= 0.6 is 11.6 Å². The van der Waals surface area contributed by atoms with Gasteiger partial charge < -0.3 is 5.73 Å². The molecule has 0 saturated carbocycles. The van der Waals surface area contributed by atoms with Gasteiger partial charge >= 0.3 is 0 Å². The molecule has 7 heteroatoms. The maximum Gasteiger partial charge on any atom is 0.246 e. The Kier molecular flexibility index (Phi) is 5.40. The molecule has 0 saturated heterocycles. The van der Waals surface area contributed by atoms with E-state index in [9.17, 15) is 12.8 Å². The highest BCUT2D eigenvalue weighted by molar-refractivity contribution is 7.89. The first-order chi connectivity index (χ1) is 9.07. The van der Waals surface area contributed by atoms with Crippen molar-refractivity contribution in [2.24, 2.45) is 5.92 Å². The van der Waals surface area contributed by atoms with E-state index in [-0.39, 0.29) is 16.8 Å². The Hall–Kier alpha value is -0.850. The minimum atomic E-state index is -3.97. The molecule has 0 aliphatic rings. The lowest BCUT2D eigenvalue weighted by atomic mass is 10.1. The van der Waals surface area contributed by atoms with Gasteiger partial charge in [-0.15, -0.1) is 0 Å². The van der Waals surface area contributed by atoms with Gasteiger partial charge in [-0.3, -0.25) is 0 Å². The predicted molar refractivity (Wildman–Crippen MR) is 79.7 cm³/mol. The number of benzene rings is 1. The molecule has 1 atom stereocenters. The lowest BCUT2D eigenvalue weighted by molar-refractivity contribution is 0.336. The largest absolute Gasteiger partial charge is 0.396 e. The van der Waals surface area contributed by atoms with Crippen LogP contribution in [0.5, 0.6) is 0 Å². The quantitative estimate of drug-likeness (QED) is 0.847. The number of hydrogen-bond acceptors (Lipinski definition) is 3. The normalized spacial score (nSPS) is 14.0. The fraction of sp³-hybridized carbons (Fsp3) is 0.538. The minimum Gasteiger partial charge on any atom is -0.396 e. The van der Waals surface area contributed by atoms with Crippen molar-refractivity contribution in [2.75, 3.05) is 12.8 Å². The first kappa shape index (κ1) is 17.2. The maximum atomic E-state index is 14.0. The molecule has 20 heavy (non-hydrogen) atoms. The van der Waals surface area contributed by atoms with Crippen molar-refractivity contribution in [2.45, 2.75) is 38.1 Å². The molecular weight excluding hydrogens is 303 g/mol. The van der Waals surface area contributed by atoms with Crippen molar-refractivity contribution in [1.82, 2.24) is 4.31 Å². The summed E-state index contributed by atoms with van der Waals surface area (Å²) in [7, 11) is -2.54. The average Bonchev–Trinajstić information content (AvgIpc) is 2.31. The molecule has 114 valence electrons. The van der Waals surface area contributed by atoms with E-state index >= 15 is 0 Å². The van der Waals surface area contributed by atoms with E-state index in [0.29, 0.717) is 12.3 Å². The summed E-state index contributed by atoms with van der Waals surface area (Å²) in [5.41, 5.74) is 5.16. The topological polar surface area (TPSA) is 63.4 Å². The number of nitrogens with zero attached hydrogens (tertiary/aromatic N) is 1. The van der Waals surface area contributed by atoms with E-state index in [1.54, 1.807) is 6.92 Å². The SMILES string of the molecule is CC(C)CC(C)N(C)S(=O)(=O)c1cc(Cl)cc(N)c1F. The highest BCUT2D eigenvalue weighted by Crippen LogP contribution is 2.28. The summed E-state index contributed by atoms with van der Waals surface area (Å²) in [4.78, 5) is -0.486. The Morgan fingerprint density at radius 2 is 1.90 bits per heavy atom. The van der Waals surface area contributed by atoms with Crippen molar-refractivity contribution in [1.29, 1.82) is 0 Å². The Morgan fingerprint density at radius 3 is 2.40 bits per heavy atom. The third kappa shape index (κ3) is 3.62. The second-order valence-electron chi connectivity index (χ2n) is 5.31. The van der Waals surface area contributed by atoms with Crippen molar-refractivity contribution in [3.63, 3.8) is 0 Å². The minimum absolute atomic E-state index is 0.0902. The van der Waals surface area contributed by atoms with Gasteiger partial charge in [0.05, 0.1) is 5.69 Å². The van der Waals surface area contributed by atoms with Crippen molar-refractivity contribution < 1.29 is 12.8 Å². The number of nitrogen functional groups attached to an aromatic ring is 1. The number of halogens is 2. The van der Waals surface area contributed by atoms with Gasteiger partial charge in [-0.25, -0.2) is 12.8 Å². The molecule has 0 amide bonds. The molecule has 4 nitrogen and oxygen atoms in total. The molecule has 0 aromatic heterocycles. The molecule has 1 aromatic carbocycles. The van der Waals surface area contributed by atoms with Crippen LogP contribution in [0.3, 0.4) is 0 Å². The van der Waals surface area contributed by atoms with Crippen molar-refractivity contribution in [3.05, 3.63) is 23.0 Å². The zero-order valence-electron chi connectivity index (χ0n) is 12.0. The zero-order chi connectivity index (χ0) is 15.7. The summed E-state index contributed by atoms with van der Waals surface area (Å²) in [6.07, 6.45) is 0.674. The fourth-order valence-electron chi connectivity index (χ4n) is 1.99. The molecule has 1 aromatic rings. The maximum absolute atomic E-state index is 14.0. The van der Waals surface area contributed by atoms with Crippen LogP contribution < -0.4 is 5.73 Å². The molecule has 0 spiro atoms. The van der Waals surface area contributed by atoms with E-state index in [4.69, 9.17) is 17.3 Å². The van der Waals surface area contributed by atoms with Gasteiger partial charge in [0, 0.05) is 18.1 Å². The number of anilines is 1. The number of hydrogen-bond donors (Lipinski definition) is 1.